The van der Waals surface area contributed by atoms with Crippen molar-refractivity contribution in [3.05, 3.63) is 11.8 Å². The lowest BCUT2D eigenvalue weighted by Crippen LogP contribution is -2.34. The Morgan fingerprint density at radius 2 is 1.86 bits per heavy atom. The van der Waals surface area contributed by atoms with Crippen LogP contribution in [-0.4, -0.2) is 44.2 Å². The summed E-state index contributed by atoms with van der Waals surface area (Å²) >= 11 is 0. The summed E-state index contributed by atoms with van der Waals surface area (Å²) < 4.78 is 26.7. The van der Waals surface area contributed by atoms with E-state index in [-0.39, 0.29) is 11.9 Å². The number of esters is 1. The zero-order chi connectivity index (χ0) is 16.7. The lowest BCUT2D eigenvalue weighted by molar-refractivity contribution is -0.136. The van der Waals surface area contributed by atoms with E-state index in [1.807, 2.05) is 0 Å². The molecule has 0 aromatic carbocycles. The highest BCUT2D eigenvalue weighted by atomic mass is 31.2. The smallest absolute Gasteiger partial charge is 0.412 e. The Morgan fingerprint density at radius 1 is 1.29 bits per heavy atom. The number of methoxy groups -OCH3 is 1. The molecule has 1 atom stereocenters. The summed E-state index contributed by atoms with van der Waals surface area (Å²) in [5.74, 6) is -0.752. The summed E-state index contributed by atoms with van der Waals surface area (Å²) in [7, 11) is -1.68. The Bertz CT molecular complexity index is 452. The molecule has 0 saturated heterocycles. The molecule has 0 bridgehead atoms. The van der Waals surface area contributed by atoms with Gasteiger partial charge < -0.3 is 14.0 Å². The van der Waals surface area contributed by atoms with Crippen molar-refractivity contribution in [2.45, 2.75) is 33.3 Å². The molecule has 0 saturated carbocycles. The van der Waals surface area contributed by atoms with Crippen molar-refractivity contribution in [1.29, 1.82) is 0 Å². The molecule has 0 radical (unpaired) electrons. The molecule has 0 aromatic rings. The molecule has 7 nitrogen and oxygen atoms in total. The molecule has 0 spiro atoms. The molecular formula is C13H24NO6P. The molecule has 1 N–H and O–H groups in total. The second-order valence-electron chi connectivity index (χ2n) is 5.35. The van der Waals surface area contributed by atoms with Crippen LogP contribution in [0.25, 0.3) is 0 Å². The van der Waals surface area contributed by atoms with Crippen LogP contribution in [0.3, 0.4) is 0 Å². The monoisotopic (exact) mass is 321 g/mol. The van der Waals surface area contributed by atoms with Gasteiger partial charge in [-0.15, -0.1) is 0 Å². The first kappa shape index (κ1) is 19.7. The van der Waals surface area contributed by atoms with Crippen molar-refractivity contribution in [3.63, 3.8) is 0 Å². The fourth-order valence-electron chi connectivity index (χ4n) is 1.29. The standard InChI is InChI=1S/C13H24NO6P/c1-7-19-21(6,17)9-8-10(11(15)18-5)14-12(16)20-13(2,3)4/h8H,7,9H2,1-6H3,(H,14,16)/b10-8-. The first-order chi connectivity index (χ1) is 9.50. The van der Waals surface area contributed by atoms with E-state index in [2.05, 4.69) is 10.1 Å². The van der Waals surface area contributed by atoms with Gasteiger partial charge >= 0.3 is 12.1 Å². The average Bonchev–Trinajstić information content (AvgIpc) is 2.31. The summed E-state index contributed by atoms with van der Waals surface area (Å²) in [5.41, 5.74) is -0.829. The van der Waals surface area contributed by atoms with Crippen LogP contribution >= 0.6 is 7.37 Å². The Kier molecular flexibility index (Phi) is 7.68. The van der Waals surface area contributed by atoms with Gasteiger partial charge in [0.15, 0.2) is 0 Å². The number of ether oxygens (including phenoxy) is 2. The zero-order valence-electron chi connectivity index (χ0n) is 13.4. The minimum Gasteiger partial charge on any atom is -0.464 e. The molecule has 0 aliphatic rings. The van der Waals surface area contributed by atoms with E-state index in [1.54, 1.807) is 27.7 Å². The SMILES string of the molecule is CCOP(C)(=O)C/C=C(\NC(=O)OC(C)(C)C)C(=O)OC. The summed E-state index contributed by atoms with van der Waals surface area (Å²) in [6.45, 7) is 8.57. The number of alkyl carbamates (subject to hydrolysis) is 1. The van der Waals surface area contributed by atoms with Crippen molar-refractivity contribution in [1.82, 2.24) is 5.32 Å². The van der Waals surface area contributed by atoms with Gasteiger partial charge in [0.25, 0.3) is 0 Å². The van der Waals surface area contributed by atoms with E-state index in [0.29, 0.717) is 6.61 Å². The van der Waals surface area contributed by atoms with E-state index in [4.69, 9.17) is 9.26 Å². The Hall–Kier alpha value is -1.33. The van der Waals surface area contributed by atoms with Crippen molar-refractivity contribution in [2.24, 2.45) is 0 Å². The second-order valence-corrected chi connectivity index (χ2v) is 8.00. The van der Waals surface area contributed by atoms with Crippen molar-refractivity contribution >= 4 is 19.4 Å². The van der Waals surface area contributed by atoms with E-state index in [1.165, 1.54) is 19.9 Å². The number of hydrogen-bond donors (Lipinski definition) is 1. The molecule has 0 rings (SSSR count). The van der Waals surface area contributed by atoms with Gasteiger partial charge in [-0.1, -0.05) is 0 Å². The maximum Gasteiger partial charge on any atom is 0.412 e. The number of rotatable bonds is 6. The number of hydrogen-bond acceptors (Lipinski definition) is 6. The fraction of sp³-hybridized carbons (Fsp3) is 0.692. The predicted octanol–water partition coefficient (Wildman–Crippen LogP) is 2.51. The first-order valence-electron chi connectivity index (χ1n) is 6.50. The summed E-state index contributed by atoms with van der Waals surface area (Å²) in [4.78, 5) is 23.3. The molecule has 0 aromatic heterocycles. The van der Waals surface area contributed by atoms with E-state index in [0.717, 1.165) is 0 Å². The second kappa shape index (κ2) is 8.20. The molecule has 0 fully saturated rings. The number of allylic oxidation sites excluding steroid dienone is 1. The van der Waals surface area contributed by atoms with Gasteiger partial charge in [-0.25, -0.2) is 9.59 Å². The molecule has 1 amide bonds. The van der Waals surface area contributed by atoms with Crippen molar-refractivity contribution in [3.8, 4) is 0 Å². The van der Waals surface area contributed by atoms with Gasteiger partial charge in [0.2, 0.25) is 7.37 Å². The van der Waals surface area contributed by atoms with Crippen LogP contribution in [0.15, 0.2) is 11.8 Å². The Balaban J connectivity index is 4.93. The van der Waals surface area contributed by atoms with Crippen molar-refractivity contribution in [2.75, 3.05) is 26.5 Å². The van der Waals surface area contributed by atoms with Crippen LogP contribution in [0.2, 0.25) is 0 Å². The lowest BCUT2D eigenvalue weighted by Gasteiger charge is -2.20. The minimum atomic E-state index is -2.86. The Labute approximate surface area is 125 Å². The molecule has 0 aliphatic carbocycles. The third-order valence-electron chi connectivity index (χ3n) is 2.07. The molecule has 1 unspecified atom stereocenters. The number of carbonyl (C=O) groups is 2. The first-order valence-corrected chi connectivity index (χ1v) is 8.76. The lowest BCUT2D eigenvalue weighted by atomic mass is 10.2. The third kappa shape index (κ3) is 9.26. The predicted molar refractivity (Wildman–Crippen MR) is 79.5 cm³/mol. The Morgan fingerprint density at radius 3 is 2.29 bits per heavy atom. The van der Waals surface area contributed by atoms with E-state index < -0.39 is 25.0 Å². The molecule has 21 heavy (non-hydrogen) atoms. The summed E-state index contributed by atoms with van der Waals surface area (Å²) in [5, 5.41) is 2.29. The van der Waals surface area contributed by atoms with Crippen LogP contribution in [-0.2, 0) is 23.4 Å². The number of carbonyl (C=O) groups excluding carboxylic acids is 2. The fourth-order valence-corrected chi connectivity index (χ4v) is 2.46. The summed E-state index contributed by atoms with van der Waals surface area (Å²) in [6, 6.07) is 0. The van der Waals surface area contributed by atoms with Crippen molar-refractivity contribution < 1.29 is 28.2 Å². The van der Waals surface area contributed by atoms with Gasteiger partial charge in [0.1, 0.15) is 11.3 Å². The third-order valence-corrected chi connectivity index (χ3v) is 3.72. The number of amides is 1. The topological polar surface area (TPSA) is 90.9 Å². The largest absolute Gasteiger partial charge is 0.464 e. The average molecular weight is 321 g/mol. The molecule has 8 heteroatoms. The normalized spacial score (nSPS) is 15.0. The zero-order valence-corrected chi connectivity index (χ0v) is 14.3. The number of nitrogens with one attached hydrogen (secondary N) is 1. The maximum atomic E-state index is 12.0. The van der Waals surface area contributed by atoms with Crippen LogP contribution in [0.1, 0.15) is 27.7 Å². The van der Waals surface area contributed by atoms with Crippen LogP contribution in [0, 0.1) is 0 Å². The van der Waals surface area contributed by atoms with E-state index in [9.17, 15) is 14.2 Å². The minimum absolute atomic E-state index is 0.00106. The quantitative estimate of drug-likeness (QED) is 0.459. The molecule has 0 aliphatic heterocycles. The molecule has 0 heterocycles. The van der Waals surface area contributed by atoms with Gasteiger partial charge in [0.05, 0.1) is 13.7 Å². The highest BCUT2D eigenvalue weighted by molar-refractivity contribution is 7.58. The van der Waals surface area contributed by atoms with Gasteiger partial charge in [-0.05, 0) is 33.8 Å². The van der Waals surface area contributed by atoms with Crippen LogP contribution in [0.5, 0.6) is 0 Å². The molecular weight excluding hydrogens is 297 g/mol. The van der Waals surface area contributed by atoms with Crippen LogP contribution < -0.4 is 5.32 Å². The summed E-state index contributed by atoms with van der Waals surface area (Å²) in [6.07, 6.45) is 0.522. The molecule has 122 valence electrons. The maximum absolute atomic E-state index is 12.0. The van der Waals surface area contributed by atoms with Crippen LogP contribution in [0.4, 0.5) is 4.79 Å². The van der Waals surface area contributed by atoms with E-state index >= 15 is 0 Å². The van der Waals surface area contributed by atoms with Gasteiger partial charge in [-0.3, -0.25) is 9.88 Å². The highest BCUT2D eigenvalue weighted by Crippen LogP contribution is 2.42. The van der Waals surface area contributed by atoms with Gasteiger partial charge in [0, 0.05) is 12.8 Å². The highest BCUT2D eigenvalue weighted by Gasteiger charge is 2.21. The van der Waals surface area contributed by atoms with Gasteiger partial charge in [-0.2, -0.15) is 0 Å².